The van der Waals surface area contributed by atoms with Gasteiger partial charge in [-0.1, -0.05) is 18.2 Å². The van der Waals surface area contributed by atoms with Crippen LogP contribution in [0.3, 0.4) is 0 Å². The molecule has 4 nitrogen and oxygen atoms in total. The molecule has 1 aliphatic rings. The highest BCUT2D eigenvalue weighted by Crippen LogP contribution is 2.12. The first kappa shape index (κ1) is 15.6. The van der Waals surface area contributed by atoms with Crippen LogP contribution in [0.5, 0.6) is 0 Å². The van der Waals surface area contributed by atoms with Crippen LogP contribution in [0.2, 0.25) is 0 Å². The summed E-state index contributed by atoms with van der Waals surface area (Å²) in [6.45, 7) is 4.59. The van der Waals surface area contributed by atoms with Crippen LogP contribution in [0.1, 0.15) is 15.9 Å². The second-order valence-corrected chi connectivity index (χ2v) is 5.70. The maximum atomic E-state index is 13.1. The van der Waals surface area contributed by atoms with Crippen LogP contribution < -0.4 is 10.2 Å². The van der Waals surface area contributed by atoms with Gasteiger partial charge in [0.05, 0.1) is 13.2 Å². The molecule has 0 saturated carbocycles. The molecule has 0 spiro atoms. The largest absolute Gasteiger partial charge is 0.370 e. The number of hydrogen-bond acceptors (Lipinski definition) is 2. The third kappa shape index (κ3) is 4.37. The number of carbonyl (C=O) groups is 1. The Morgan fingerprint density at radius 3 is 2.57 bits per heavy atom. The molecule has 2 aromatic rings. The van der Waals surface area contributed by atoms with Crippen LogP contribution in [0.15, 0.2) is 48.5 Å². The summed E-state index contributed by atoms with van der Waals surface area (Å²) in [5, 5.41) is 2.70. The van der Waals surface area contributed by atoms with Crippen LogP contribution in [0, 0.1) is 5.82 Å². The molecule has 1 fully saturated rings. The Balaban J connectivity index is 1.60. The van der Waals surface area contributed by atoms with Gasteiger partial charge >= 0.3 is 0 Å². The van der Waals surface area contributed by atoms with E-state index in [1.165, 1.54) is 22.6 Å². The van der Waals surface area contributed by atoms with Gasteiger partial charge in [0.2, 0.25) is 0 Å². The van der Waals surface area contributed by atoms with E-state index in [0.717, 1.165) is 32.8 Å². The van der Waals surface area contributed by atoms with Gasteiger partial charge in [-0.05, 0) is 30.3 Å². The maximum Gasteiger partial charge on any atom is 0.255 e. The predicted octanol–water partition coefficient (Wildman–Crippen LogP) is 1.49. The van der Waals surface area contributed by atoms with Crippen molar-refractivity contribution in [2.24, 2.45) is 0 Å². The van der Waals surface area contributed by atoms with Gasteiger partial charge in [0.25, 0.3) is 5.91 Å². The summed E-state index contributed by atoms with van der Waals surface area (Å²) in [6, 6.07) is 13.4. The zero-order chi connectivity index (χ0) is 16.1. The molecule has 1 amide bonds. The van der Waals surface area contributed by atoms with Gasteiger partial charge in [0, 0.05) is 16.8 Å². The van der Waals surface area contributed by atoms with Gasteiger partial charge in [0.15, 0.2) is 0 Å². The Morgan fingerprint density at radius 1 is 1.13 bits per heavy atom. The number of ether oxygens (including phenoxy) is 1. The zero-order valence-electron chi connectivity index (χ0n) is 12.8. The van der Waals surface area contributed by atoms with Crippen molar-refractivity contribution in [3.63, 3.8) is 0 Å². The second kappa shape index (κ2) is 7.35. The van der Waals surface area contributed by atoms with Crippen molar-refractivity contribution in [3.05, 3.63) is 65.5 Å². The zero-order valence-corrected chi connectivity index (χ0v) is 12.8. The van der Waals surface area contributed by atoms with Gasteiger partial charge in [-0.25, -0.2) is 4.39 Å². The molecule has 1 heterocycles. The lowest BCUT2D eigenvalue weighted by Gasteiger charge is -2.23. The molecule has 0 unspecified atom stereocenters. The summed E-state index contributed by atoms with van der Waals surface area (Å²) in [6.07, 6.45) is 0. The van der Waals surface area contributed by atoms with E-state index < -0.39 is 0 Å². The first-order valence-corrected chi connectivity index (χ1v) is 7.78. The third-order valence-electron chi connectivity index (χ3n) is 3.95. The van der Waals surface area contributed by atoms with Crippen molar-refractivity contribution in [2.75, 3.05) is 31.6 Å². The predicted molar refractivity (Wildman–Crippen MR) is 86.0 cm³/mol. The normalized spacial score (nSPS) is 15.3. The Labute approximate surface area is 134 Å². The monoisotopic (exact) mass is 315 g/mol. The van der Waals surface area contributed by atoms with E-state index in [9.17, 15) is 9.18 Å². The van der Waals surface area contributed by atoms with Crippen molar-refractivity contribution in [1.82, 2.24) is 0 Å². The van der Waals surface area contributed by atoms with Crippen molar-refractivity contribution >= 4 is 11.6 Å². The lowest BCUT2D eigenvalue weighted by atomic mass is 10.1. The van der Waals surface area contributed by atoms with Crippen LogP contribution in [-0.4, -0.2) is 32.2 Å². The molecule has 23 heavy (non-hydrogen) atoms. The highest BCUT2D eigenvalue weighted by atomic mass is 19.1. The number of quaternary nitrogens is 1. The molecule has 2 N–H and O–H groups in total. The van der Waals surface area contributed by atoms with E-state index in [2.05, 4.69) is 5.32 Å². The standard InChI is InChI=1S/C18H19FN2O2/c19-16-2-1-3-17(12-16)20-18(22)15-6-4-14(5-7-15)13-21-8-10-23-11-9-21/h1-7,12H,8-11,13H2,(H,20,22)/p+1. The summed E-state index contributed by atoms with van der Waals surface area (Å²) in [5.41, 5.74) is 2.22. The van der Waals surface area contributed by atoms with Crippen LogP contribution in [0.25, 0.3) is 0 Å². The molecule has 120 valence electrons. The Hall–Kier alpha value is -2.24. The third-order valence-corrected chi connectivity index (χ3v) is 3.95. The Bertz CT molecular complexity index is 667. The highest BCUT2D eigenvalue weighted by Gasteiger charge is 2.14. The van der Waals surface area contributed by atoms with E-state index in [1.54, 1.807) is 12.1 Å². The fourth-order valence-corrected chi connectivity index (χ4v) is 2.67. The summed E-state index contributed by atoms with van der Waals surface area (Å²) in [4.78, 5) is 13.7. The van der Waals surface area contributed by atoms with Crippen molar-refractivity contribution in [1.29, 1.82) is 0 Å². The van der Waals surface area contributed by atoms with Gasteiger partial charge < -0.3 is 15.0 Å². The summed E-state index contributed by atoms with van der Waals surface area (Å²) < 4.78 is 18.5. The van der Waals surface area contributed by atoms with Gasteiger partial charge in [0.1, 0.15) is 25.5 Å². The first-order chi connectivity index (χ1) is 11.2. The minimum absolute atomic E-state index is 0.235. The lowest BCUT2D eigenvalue weighted by molar-refractivity contribution is -0.921. The fourth-order valence-electron chi connectivity index (χ4n) is 2.67. The average molecular weight is 315 g/mol. The number of benzene rings is 2. The molecule has 1 saturated heterocycles. The minimum Gasteiger partial charge on any atom is -0.370 e. The van der Waals surface area contributed by atoms with Crippen LogP contribution in [0.4, 0.5) is 10.1 Å². The molecule has 5 heteroatoms. The van der Waals surface area contributed by atoms with Crippen molar-refractivity contribution < 1.29 is 18.8 Å². The number of anilines is 1. The molecule has 0 bridgehead atoms. The van der Waals surface area contributed by atoms with Crippen LogP contribution >= 0.6 is 0 Å². The quantitative estimate of drug-likeness (QED) is 0.898. The van der Waals surface area contributed by atoms with Crippen molar-refractivity contribution in [3.8, 4) is 0 Å². The van der Waals surface area contributed by atoms with E-state index in [1.807, 2.05) is 24.3 Å². The van der Waals surface area contributed by atoms with Gasteiger partial charge in [-0.15, -0.1) is 0 Å². The molecule has 1 aliphatic heterocycles. The molecular weight excluding hydrogens is 295 g/mol. The number of hydrogen-bond donors (Lipinski definition) is 2. The lowest BCUT2D eigenvalue weighted by Crippen LogP contribution is -3.12. The number of morpholine rings is 1. The van der Waals surface area contributed by atoms with Gasteiger partial charge in [-0.3, -0.25) is 4.79 Å². The molecule has 0 atom stereocenters. The van der Waals surface area contributed by atoms with E-state index >= 15 is 0 Å². The number of carbonyl (C=O) groups excluding carboxylic acids is 1. The molecule has 2 aromatic carbocycles. The average Bonchev–Trinajstić information content (AvgIpc) is 2.56. The summed E-state index contributed by atoms with van der Waals surface area (Å²) in [5.74, 6) is -0.604. The van der Waals surface area contributed by atoms with Crippen LogP contribution in [-0.2, 0) is 11.3 Å². The summed E-state index contributed by atoms with van der Waals surface area (Å²) >= 11 is 0. The number of nitrogens with one attached hydrogen (secondary N) is 2. The van der Waals surface area contributed by atoms with E-state index in [-0.39, 0.29) is 11.7 Å². The molecule has 3 rings (SSSR count). The second-order valence-electron chi connectivity index (χ2n) is 5.70. The topological polar surface area (TPSA) is 42.8 Å². The number of rotatable bonds is 4. The Morgan fingerprint density at radius 2 is 1.87 bits per heavy atom. The Kier molecular flexibility index (Phi) is 5.00. The SMILES string of the molecule is O=C(Nc1cccc(F)c1)c1ccc(C[NH+]2CCOCC2)cc1. The molecule has 0 radical (unpaired) electrons. The molecule has 0 aromatic heterocycles. The maximum absolute atomic E-state index is 13.1. The van der Waals surface area contributed by atoms with Gasteiger partial charge in [-0.2, -0.15) is 0 Å². The molecular formula is C18H20FN2O2+. The molecule has 0 aliphatic carbocycles. The highest BCUT2D eigenvalue weighted by molar-refractivity contribution is 6.04. The van der Waals surface area contributed by atoms with Crippen molar-refractivity contribution in [2.45, 2.75) is 6.54 Å². The minimum atomic E-state index is -0.369. The van der Waals surface area contributed by atoms with E-state index in [4.69, 9.17) is 4.74 Å². The first-order valence-electron chi connectivity index (χ1n) is 7.78. The smallest absolute Gasteiger partial charge is 0.255 e. The number of halogens is 1. The fraction of sp³-hybridized carbons (Fsp3) is 0.278. The number of amides is 1. The summed E-state index contributed by atoms with van der Waals surface area (Å²) in [7, 11) is 0. The van der Waals surface area contributed by atoms with E-state index in [0.29, 0.717) is 11.3 Å².